The molecule has 6 rings (SSSR count). The Bertz CT molecular complexity index is 1270. The highest BCUT2D eigenvalue weighted by molar-refractivity contribution is 7.10. The van der Waals surface area contributed by atoms with Crippen LogP contribution >= 0.6 is 11.3 Å². The zero-order valence-corrected chi connectivity index (χ0v) is 21.1. The molecule has 8 nitrogen and oxygen atoms in total. The largest absolute Gasteiger partial charge is 0.485 e. The van der Waals surface area contributed by atoms with Crippen molar-refractivity contribution in [2.45, 2.75) is 50.3 Å². The van der Waals surface area contributed by atoms with E-state index in [1.165, 1.54) is 22.7 Å². The van der Waals surface area contributed by atoms with Crippen LogP contribution in [-0.4, -0.2) is 37.4 Å². The van der Waals surface area contributed by atoms with Gasteiger partial charge in [0.25, 0.3) is 5.91 Å². The van der Waals surface area contributed by atoms with E-state index in [0.717, 1.165) is 30.6 Å². The monoisotopic (exact) mass is 520 g/mol. The van der Waals surface area contributed by atoms with Crippen molar-refractivity contribution < 1.29 is 28.5 Å². The van der Waals surface area contributed by atoms with Crippen LogP contribution in [0.5, 0.6) is 23.0 Å². The molecule has 0 radical (unpaired) electrons. The van der Waals surface area contributed by atoms with Crippen molar-refractivity contribution in [1.29, 1.82) is 0 Å². The second-order valence-electron chi connectivity index (χ2n) is 9.37. The smallest absolute Gasteiger partial charge is 0.272 e. The number of amides is 2. The van der Waals surface area contributed by atoms with Gasteiger partial charge in [-0.1, -0.05) is 37.5 Å². The molecule has 2 aromatic carbocycles. The summed E-state index contributed by atoms with van der Waals surface area (Å²) in [6.07, 6.45) is 4.32. The first-order valence-corrected chi connectivity index (χ1v) is 13.5. The lowest BCUT2D eigenvalue weighted by Crippen LogP contribution is -2.52. The maximum absolute atomic E-state index is 14.2. The van der Waals surface area contributed by atoms with Crippen LogP contribution in [0.2, 0.25) is 0 Å². The molecule has 1 aromatic heterocycles. The topological polar surface area (TPSA) is 86.3 Å². The van der Waals surface area contributed by atoms with Gasteiger partial charge in [0, 0.05) is 22.7 Å². The summed E-state index contributed by atoms with van der Waals surface area (Å²) in [7, 11) is 0. The molecule has 1 saturated carbocycles. The first kappa shape index (κ1) is 23.7. The average Bonchev–Trinajstić information content (AvgIpc) is 3.63. The van der Waals surface area contributed by atoms with Gasteiger partial charge in [0.1, 0.15) is 12.6 Å². The average molecular weight is 521 g/mol. The minimum Gasteiger partial charge on any atom is -0.485 e. The summed E-state index contributed by atoms with van der Waals surface area (Å²) in [4.78, 5) is 30.4. The number of nitrogens with one attached hydrogen (secondary N) is 1. The summed E-state index contributed by atoms with van der Waals surface area (Å²) in [5.41, 5.74) is 0.522. The van der Waals surface area contributed by atoms with Crippen LogP contribution in [-0.2, 0) is 9.59 Å². The Kier molecular flexibility index (Phi) is 6.61. The van der Waals surface area contributed by atoms with Gasteiger partial charge >= 0.3 is 0 Å². The fraction of sp³-hybridized carbons (Fsp3) is 0.357. The van der Waals surface area contributed by atoms with Crippen LogP contribution in [0.4, 0.5) is 5.69 Å². The molecule has 192 valence electrons. The zero-order chi connectivity index (χ0) is 25.2. The van der Waals surface area contributed by atoms with Crippen LogP contribution in [0, 0.1) is 0 Å². The molecule has 1 N–H and O–H groups in total. The number of fused-ring (bicyclic) bond motifs is 2. The van der Waals surface area contributed by atoms with Gasteiger partial charge in [-0.25, -0.2) is 0 Å². The number of thiophene rings is 1. The minimum atomic E-state index is -0.926. The van der Waals surface area contributed by atoms with Crippen LogP contribution in [0.1, 0.15) is 43.0 Å². The van der Waals surface area contributed by atoms with E-state index >= 15 is 0 Å². The summed E-state index contributed by atoms with van der Waals surface area (Å²) in [6, 6.07) is 15.5. The lowest BCUT2D eigenvalue weighted by Gasteiger charge is -2.35. The quantitative estimate of drug-likeness (QED) is 0.501. The van der Waals surface area contributed by atoms with Crippen molar-refractivity contribution in [3.63, 3.8) is 0 Å². The van der Waals surface area contributed by atoms with Crippen LogP contribution in [0.25, 0.3) is 0 Å². The highest BCUT2D eigenvalue weighted by Crippen LogP contribution is 2.40. The van der Waals surface area contributed by atoms with E-state index in [-0.39, 0.29) is 31.3 Å². The molecule has 1 aliphatic carbocycles. The molecule has 2 amide bonds. The molecule has 2 unspecified atom stereocenters. The number of nitrogens with zero attached hydrogens (tertiary/aromatic N) is 1. The molecule has 0 bridgehead atoms. The Hall–Kier alpha value is -3.72. The molecule has 2 aliphatic heterocycles. The van der Waals surface area contributed by atoms with Gasteiger partial charge in [-0.3, -0.25) is 14.5 Å². The van der Waals surface area contributed by atoms with Gasteiger partial charge in [0.15, 0.2) is 23.0 Å². The van der Waals surface area contributed by atoms with Gasteiger partial charge < -0.3 is 24.3 Å². The predicted molar refractivity (Wildman–Crippen MR) is 138 cm³/mol. The van der Waals surface area contributed by atoms with E-state index in [1.54, 1.807) is 30.3 Å². The molecular formula is C28H28N2O6S. The summed E-state index contributed by atoms with van der Waals surface area (Å²) < 4.78 is 23.0. The summed E-state index contributed by atoms with van der Waals surface area (Å²) >= 11 is 1.44. The first-order chi connectivity index (χ1) is 18.2. The summed E-state index contributed by atoms with van der Waals surface area (Å²) in [5, 5.41) is 5.14. The molecule has 3 aliphatic rings. The number of para-hydroxylation sites is 2. The van der Waals surface area contributed by atoms with Crippen LogP contribution < -0.4 is 29.2 Å². The molecule has 9 heteroatoms. The normalized spacial score (nSPS) is 19.2. The molecule has 1 fully saturated rings. The number of hydrogen-bond acceptors (Lipinski definition) is 7. The number of benzene rings is 2. The van der Waals surface area contributed by atoms with E-state index in [0.29, 0.717) is 28.7 Å². The van der Waals surface area contributed by atoms with Gasteiger partial charge in [-0.15, -0.1) is 11.3 Å². The maximum Gasteiger partial charge on any atom is 0.272 e. The fourth-order valence-corrected chi connectivity index (χ4v) is 5.90. The number of rotatable bonds is 6. The van der Waals surface area contributed by atoms with Gasteiger partial charge in [0.2, 0.25) is 18.8 Å². The third kappa shape index (κ3) is 4.83. The Morgan fingerprint density at radius 3 is 2.49 bits per heavy atom. The standard InChI is InChI=1S/C28H28N2O6S/c31-27(29-18-7-2-1-3-8-18)26(25-11-6-14-37-25)30(19-12-13-21-23(15-19)35-17-34-21)28(32)24-16-33-20-9-4-5-10-22(20)36-24/h4-6,9-15,18,24,26H,1-3,7-8,16-17H2,(H,29,31). The highest BCUT2D eigenvalue weighted by Gasteiger charge is 2.40. The lowest BCUT2D eigenvalue weighted by atomic mass is 9.95. The molecular weight excluding hydrogens is 492 g/mol. The third-order valence-electron chi connectivity index (χ3n) is 6.93. The van der Waals surface area contributed by atoms with E-state index < -0.39 is 12.1 Å². The van der Waals surface area contributed by atoms with E-state index in [9.17, 15) is 9.59 Å². The Morgan fingerprint density at radius 1 is 0.892 bits per heavy atom. The lowest BCUT2D eigenvalue weighted by molar-refractivity contribution is -0.132. The fourth-order valence-electron chi connectivity index (χ4n) is 5.08. The molecule has 2 atom stereocenters. The van der Waals surface area contributed by atoms with Crippen molar-refractivity contribution in [2.75, 3.05) is 18.3 Å². The second-order valence-corrected chi connectivity index (χ2v) is 10.4. The molecule has 3 heterocycles. The highest BCUT2D eigenvalue weighted by atomic mass is 32.1. The van der Waals surface area contributed by atoms with E-state index in [4.69, 9.17) is 18.9 Å². The number of hydrogen-bond donors (Lipinski definition) is 1. The van der Waals surface area contributed by atoms with Crippen molar-refractivity contribution in [2.24, 2.45) is 0 Å². The number of ether oxygens (including phenoxy) is 4. The van der Waals surface area contributed by atoms with Crippen LogP contribution in [0.3, 0.4) is 0 Å². The van der Waals surface area contributed by atoms with Gasteiger partial charge in [0.05, 0.1) is 0 Å². The minimum absolute atomic E-state index is 0.0400. The van der Waals surface area contributed by atoms with Crippen LogP contribution in [0.15, 0.2) is 60.0 Å². The Balaban J connectivity index is 1.38. The predicted octanol–water partition coefficient (Wildman–Crippen LogP) is 4.84. The number of carbonyl (C=O) groups excluding carboxylic acids is 2. The van der Waals surface area contributed by atoms with Crippen molar-refractivity contribution >= 4 is 28.8 Å². The van der Waals surface area contributed by atoms with Crippen molar-refractivity contribution in [3.8, 4) is 23.0 Å². The third-order valence-corrected chi connectivity index (χ3v) is 7.85. The molecule has 37 heavy (non-hydrogen) atoms. The molecule has 3 aromatic rings. The zero-order valence-electron chi connectivity index (χ0n) is 20.3. The van der Waals surface area contributed by atoms with Gasteiger partial charge in [-0.05, 0) is 48.6 Å². The van der Waals surface area contributed by atoms with Gasteiger partial charge in [-0.2, -0.15) is 0 Å². The van der Waals surface area contributed by atoms with Crippen molar-refractivity contribution in [3.05, 3.63) is 64.9 Å². The maximum atomic E-state index is 14.2. The molecule has 0 spiro atoms. The van der Waals surface area contributed by atoms with Crippen molar-refractivity contribution in [1.82, 2.24) is 5.32 Å². The van der Waals surface area contributed by atoms with E-state index in [2.05, 4.69) is 5.32 Å². The first-order valence-electron chi connectivity index (χ1n) is 12.6. The molecule has 0 saturated heterocycles. The number of carbonyl (C=O) groups is 2. The summed E-state index contributed by atoms with van der Waals surface area (Å²) in [5.74, 6) is 1.63. The summed E-state index contributed by atoms with van der Waals surface area (Å²) in [6.45, 7) is 0.151. The number of anilines is 1. The second kappa shape index (κ2) is 10.3. The van der Waals surface area contributed by atoms with E-state index in [1.807, 2.05) is 29.6 Å². The SMILES string of the molecule is O=C(NC1CCCCC1)C(c1cccs1)N(C(=O)C1COc2ccccc2O1)c1ccc2c(c1)OCO2. The Morgan fingerprint density at radius 2 is 1.68 bits per heavy atom. The Labute approximate surface area is 219 Å².